The Kier molecular flexibility index (Phi) is 9.46. The Balaban J connectivity index is 0.00000243. The van der Waals surface area contributed by atoms with Gasteiger partial charge < -0.3 is 10.6 Å². The zero-order chi connectivity index (χ0) is 17.5. The molecule has 2 fully saturated rings. The predicted octanol–water partition coefficient (Wildman–Crippen LogP) is 3.72. The molecule has 0 spiro atoms. The number of amides is 1. The lowest BCUT2D eigenvalue weighted by Gasteiger charge is -2.22. The van der Waals surface area contributed by atoms with Crippen LogP contribution in [-0.4, -0.2) is 39.5 Å². The van der Waals surface area contributed by atoms with Gasteiger partial charge in [-0.2, -0.15) is 11.8 Å². The first-order chi connectivity index (χ1) is 12.2. The third-order valence-electron chi connectivity index (χ3n) is 4.87. The molecular weight excluding hydrogens is 388 g/mol. The number of carbonyl (C=O) groups is 1. The van der Waals surface area contributed by atoms with Crippen LogP contribution in [0.4, 0.5) is 5.69 Å². The van der Waals surface area contributed by atoms with Crippen LogP contribution in [0.3, 0.4) is 0 Å². The van der Waals surface area contributed by atoms with Crippen molar-refractivity contribution in [3.63, 3.8) is 0 Å². The summed E-state index contributed by atoms with van der Waals surface area (Å²) in [6, 6.07) is 8.10. The van der Waals surface area contributed by atoms with Gasteiger partial charge in [-0.3, -0.25) is 9.00 Å². The van der Waals surface area contributed by atoms with Gasteiger partial charge in [-0.15, -0.1) is 12.4 Å². The van der Waals surface area contributed by atoms with Crippen molar-refractivity contribution in [3.8, 4) is 0 Å². The SMILES string of the molecule is Cl.O=C(CC1CSCCN1)Nc1cccc(CS(=O)C2CCCCC2)c1. The fraction of sp³-hybridized carbons (Fsp3) is 0.632. The van der Waals surface area contributed by atoms with Crippen LogP contribution in [0.15, 0.2) is 24.3 Å². The van der Waals surface area contributed by atoms with E-state index >= 15 is 0 Å². The molecule has 2 atom stereocenters. The number of anilines is 1. The van der Waals surface area contributed by atoms with E-state index in [-0.39, 0.29) is 24.4 Å². The van der Waals surface area contributed by atoms with Crippen LogP contribution in [-0.2, 0) is 21.3 Å². The van der Waals surface area contributed by atoms with Crippen molar-refractivity contribution in [3.05, 3.63) is 29.8 Å². The zero-order valence-electron chi connectivity index (χ0n) is 15.1. The molecule has 0 aromatic heterocycles. The molecule has 1 saturated carbocycles. The lowest BCUT2D eigenvalue weighted by Crippen LogP contribution is -2.39. The summed E-state index contributed by atoms with van der Waals surface area (Å²) in [5.74, 6) is 2.76. The molecule has 1 aliphatic heterocycles. The van der Waals surface area contributed by atoms with Gasteiger partial charge in [0.1, 0.15) is 0 Å². The van der Waals surface area contributed by atoms with Gasteiger partial charge in [0.25, 0.3) is 0 Å². The minimum atomic E-state index is -0.809. The largest absolute Gasteiger partial charge is 0.326 e. The smallest absolute Gasteiger partial charge is 0.225 e. The van der Waals surface area contributed by atoms with Crippen molar-refractivity contribution < 1.29 is 9.00 Å². The first kappa shape index (κ1) is 21.7. The summed E-state index contributed by atoms with van der Waals surface area (Å²) in [4.78, 5) is 12.2. The molecule has 2 unspecified atom stereocenters. The maximum absolute atomic E-state index is 12.6. The Bertz CT molecular complexity index is 603. The van der Waals surface area contributed by atoms with Gasteiger partial charge in [0.15, 0.2) is 0 Å². The second-order valence-corrected chi connectivity index (χ2v) is 9.83. The third-order valence-corrected chi connectivity index (χ3v) is 7.84. The number of carbonyl (C=O) groups excluding carboxylic acids is 1. The van der Waals surface area contributed by atoms with Crippen LogP contribution in [0.1, 0.15) is 44.1 Å². The summed E-state index contributed by atoms with van der Waals surface area (Å²) in [5, 5.41) is 6.73. The number of halogens is 1. The molecule has 1 aliphatic carbocycles. The van der Waals surface area contributed by atoms with Gasteiger partial charge >= 0.3 is 0 Å². The number of hydrogen-bond donors (Lipinski definition) is 2. The van der Waals surface area contributed by atoms with E-state index in [1.54, 1.807) is 0 Å². The predicted molar refractivity (Wildman–Crippen MR) is 115 cm³/mol. The van der Waals surface area contributed by atoms with E-state index in [4.69, 9.17) is 0 Å². The van der Waals surface area contributed by atoms with Crippen molar-refractivity contribution >= 4 is 46.6 Å². The minimum absolute atomic E-state index is 0. The van der Waals surface area contributed by atoms with Crippen LogP contribution < -0.4 is 10.6 Å². The van der Waals surface area contributed by atoms with Gasteiger partial charge in [0.2, 0.25) is 5.91 Å². The molecule has 1 saturated heterocycles. The molecule has 7 heteroatoms. The molecule has 26 heavy (non-hydrogen) atoms. The lowest BCUT2D eigenvalue weighted by molar-refractivity contribution is -0.116. The summed E-state index contributed by atoms with van der Waals surface area (Å²) >= 11 is 1.90. The molecule has 4 nitrogen and oxygen atoms in total. The second kappa shape index (κ2) is 11.3. The molecular formula is C19H29ClN2O2S2. The number of rotatable bonds is 6. The molecule has 0 radical (unpaired) electrons. The second-order valence-electron chi connectivity index (χ2n) is 6.96. The average molecular weight is 417 g/mol. The minimum Gasteiger partial charge on any atom is -0.326 e. The summed E-state index contributed by atoms with van der Waals surface area (Å²) in [5.41, 5.74) is 1.86. The monoisotopic (exact) mass is 416 g/mol. The summed E-state index contributed by atoms with van der Waals surface area (Å²) in [6.07, 6.45) is 6.39. The zero-order valence-corrected chi connectivity index (χ0v) is 17.5. The van der Waals surface area contributed by atoms with Crippen LogP contribution >= 0.6 is 24.2 Å². The van der Waals surface area contributed by atoms with E-state index in [1.165, 1.54) is 19.3 Å². The standard InChI is InChI=1S/C19H28N2O2S2.ClH/c22-19(12-17-13-24-10-9-20-17)21-16-6-4-5-15(11-16)14-25(23)18-7-2-1-3-8-18;/h4-6,11,17-18,20H,1-3,7-10,12-14H2,(H,21,22);1H. The molecule has 0 bridgehead atoms. The van der Waals surface area contributed by atoms with Gasteiger partial charge in [0.05, 0.1) is 0 Å². The molecule has 2 N–H and O–H groups in total. The van der Waals surface area contributed by atoms with Crippen LogP contribution in [0.25, 0.3) is 0 Å². The van der Waals surface area contributed by atoms with E-state index in [1.807, 2.05) is 36.0 Å². The number of hydrogen-bond acceptors (Lipinski definition) is 4. The van der Waals surface area contributed by atoms with E-state index in [0.717, 1.165) is 42.1 Å². The fourth-order valence-corrected chi connectivity index (χ4v) is 6.09. The van der Waals surface area contributed by atoms with E-state index in [0.29, 0.717) is 17.4 Å². The van der Waals surface area contributed by atoms with Crippen LogP contribution in [0, 0.1) is 0 Å². The van der Waals surface area contributed by atoms with Crippen LogP contribution in [0.5, 0.6) is 0 Å². The molecule has 3 rings (SSSR count). The van der Waals surface area contributed by atoms with E-state index in [9.17, 15) is 9.00 Å². The van der Waals surface area contributed by atoms with E-state index < -0.39 is 10.8 Å². The van der Waals surface area contributed by atoms with Gasteiger partial charge in [-0.1, -0.05) is 31.4 Å². The Morgan fingerprint density at radius 1 is 1.27 bits per heavy atom. The molecule has 1 aromatic carbocycles. The topological polar surface area (TPSA) is 58.2 Å². The highest BCUT2D eigenvalue weighted by Gasteiger charge is 2.20. The van der Waals surface area contributed by atoms with Crippen molar-refractivity contribution in [2.45, 2.75) is 55.6 Å². The van der Waals surface area contributed by atoms with Crippen molar-refractivity contribution in [2.75, 3.05) is 23.4 Å². The van der Waals surface area contributed by atoms with Crippen molar-refractivity contribution in [1.82, 2.24) is 5.32 Å². The quantitative estimate of drug-likeness (QED) is 0.741. The summed E-state index contributed by atoms with van der Waals surface area (Å²) < 4.78 is 12.6. The summed E-state index contributed by atoms with van der Waals surface area (Å²) in [7, 11) is -0.809. The number of benzene rings is 1. The normalized spacial score (nSPS) is 22.2. The van der Waals surface area contributed by atoms with Gasteiger partial charge in [-0.05, 0) is 30.5 Å². The van der Waals surface area contributed by atoms with E-state index in [2.05, 4.69) is 10.6 Å². The first-order valence-corrected chi connectivity index (χ1v) is 11.8. The lowest BCUT2D eigenvalue weighted by atomic mass is 10.0. The average Bonchev–Trinajstić information content (AvgIpc) is 2.63. The molecule has 1 amide bonds. The van der Waals surface area contributed by atoms with Crippen molar-refractivity contribution in [2.24, 2.45) is 0 Å². The Morgan fingerprint density at radius 2 is 2.08 bits per heavy atom. The third kappa shape index (κ3) is 6.87. The Labute approximate surface area is 169 Å². The molecule has 1 aromatic rings. The number of nitrogens with one attached hydrogen (secondary N) is 2. The van der Waals surface area contributed by atoms with Crippen LogP contribution in [0.2, 0.25) is 0 Å². The Hall–Kier alpha value is -0.560. The fourth-order valence-electron chi connectivity index (χ4n) is 3.54. The number of thioether (sulfide) groups is 1. The maximum Gasteiger partial charge on any atom is 0.225 e. The molecule has 1 heterocycles. The highest BCUT2D eigenvalue weighted by atomic mass is 35.5. The maximum atomic E-state index is 12.6. The highest BCUT2D eigenvalue weighted by Crippen LogP contribution is 2.24. The van der Waals surface area contributed by atoms with Gasteiger partial charge in [0, 0.05) is 58.0 Å². The Morgan fingerprint density at radius 3 is 2.81 bits per heavy atom. The molecule has 2 aliphatic rings. The van der Waals surface area contributed by atoms with Gasteiger partial charge in [-0.25, -0.2) is 0 Å². The highest BCUT2D eigenvalue weighted by molar-refractivity contribution is 7.99. The summed E-state index contributed by atoms with van der Waals surface area (Å²) in [6.45, 7) is 0.977. The molecule has 146 valence electrons. The van der Waals surface area contributed by atoms with Crippen molar-refractivity contribution in [1.29, 1.82) is 0 Å². The first-order valence-electron chi connectivity index (χ1n) is 9.28.